The maximum atomic E-state index is 11.2. The third kappa shape index (κ3) is 3.15. The lowest BCUT2D eigenvalue weighted by atomic mass is 9.80. The number of Topliss-reactive ketones (excluding diaryl/α,β-unsaturated/α-hetero) is 1. The first kappa shape index (κ1) is 12.7. The SMILES string of the molecule is CCCC1CCC(c2ncc(C(C)=O)s2)CC1. The van der Waals surface area contributed by atoms with Crippen molar-refractivity contribution in [2.45, 2.75) is 58.3 Å². The highest BCUT2D eigenvalue weighted by atomic mass is 32.1. The predicted molar refractivity (Wildman–Crippen MR) is 71.7 cm³/mol. The van der Waals surface area contributed by atoms with Crippen molar-refractivity contribution in [2.24, 2.45) is 5.92 Å². The van der Waals surface area contributed by atoms with E-state index in [9.17, 15) is 4.79 Å². The van der Waals surface area contributed by atoms with Crippen molar-refractivity contribution in [3.8, 4) is 0 Å². The molecule has 1 aromatic heterocycles. The molecule has 0 spiro atoms. The van der Waals surface area contributed by atoms with Crippen molar-refractivity contribution in [1.82, 2.24) is 4.98 Å². The minimum atomic E-state index is 0.147. The first-order valence-electron chi connectivity index (χ1n) is 6.67. The van der Waals surface area contributed by atoms with E-state index in [2.05, 4.69) is 11.9 Å². The fourth-order valence-electron chi connectivity index (χ4n) is 2.75. The molecule has 2 rings (SSSR count). The van der Waals surface area contributed by atoms with E-state index in [1.54, 1.807) is 24.5 Å². The Morgan fingerprint density at radius 2 is 2.12 bits per heavy atom. The number of rotatable bonds is 4. The van der Waals surface area contributed by atoms with Crippen LogP contribution in [0.25, 0.3) is 0 Å². The monoisotopic (exact) mass is 251 g/mol. The van der Waals surface area contributed by atoms with Gasteiger partial charge < -0.3 is 0 Å². The number of aromatic nitrogens is 1. The van der Waals surface area contributed by atoms with Crippen LogP contribution in [-0.4, -0.2) is 10.8 Å². The number of nitrogens with zero attached hydrogens (tertiary/aromatic N) is 1. The first-order valence-corrected chi connectivity index (χ1v) is 7.49. The molecule has 94 valence electrons. The Hall–Kier alpha value is -0.700. The van der Waals surface area contributed by atoms with Gasteiger partial charge in [-0.25, -0.2) is 4.98 Å². The van der Waals surface area contributed by atoms with Gasteiger partial charge >= 0.3 is 0 Å². The van der Waals surface area contributed by atoms with E-state index in [1.807, 2.05) is 0 Å². The Labute approximate surface area is 107 Å². The van der Waals surface area contributed by atoms with E-state index < -0.39 is 0 Å². The molecule has 0 radical (unpaired) electrons. The van der Waals surface area contributed by atoms with Crippen LogP contribution in [0.3, 0.4) is 0 Å². The van der Waals surface area contributed by atoms with Gasteiger partial charge in [-0.05, 0) is 31.6 Å². The normalized spacial score (nSPS) is 24.8. The number of thiazole rings is 1. The summed E-state index contributed by atoms with van der Waals surface area (Å²) >= 11 is 1.60. The highest BCUT2D eigenvalue weighted by molar-refractivity contribution is 7.13. The van der Waals surface area contributed by atoms with Crippen molar-refractivity contribution in [3.05, 3.63) is 16.1 Å². The third-order valence-electron chi connectivity index (χ3n) is 3.76. The van der Waals surface area contributed by atoms with E-state index in [-0.39, 0.29) is 5.78 Å². The minimum absolute atomic E-state index is 0.147. The largest absolute Gasteiger partial charge is 0.294 e. The maximum absolute atomic E-state index is 11.2. The van der Waals surface area contributed by atoms with Gasteiger partial charge in [0.15, 0.2) is 5.78 Å². The molecule has 1 aliphatic rings. The van der Waals surface area contributed by atoms with Crippen LogP contribution in [0.1, 0.15) is 73.0 Å². The van der Waals surface area contributed by atoms with E-state index in [1.165, 1.54) is 43.5 Å². The van der Waals surface area contributed by atoms with Crippen LogP contribution in [0.2, 0.25) is 0 Å². The lowest BCUT2D eigenvalue weighted by Crippen LogP contribution is -2.12. The van der Waals surface area contributed by atoms with Gasteiger partial charge in [-0.15, -0.1) is 11.3 Å². The Morgan fingerprint density at radius 1 is 1.41 bits per heavy atom. The summed E-state index contributed by atoms with van der Waals surface area (Å²) in [7, 11) is 0. The molecule has 1 heterocycles. The molecule has 1 saturated carbocycles. The fourth-order valence-corrected chi connectivity index (χ4v) is 3.73. The zero-order chi connectivity index (χ0) is 12.3. The number of ketones is 1. The third-order valence-corrected chi connectivity index (χ3v) is 5.02. The van der Waals surface area contributed by atoms with Crippen molar-refractivity contribution >= 4 is 17.1 Å². The molecule has 3 heteroatoms. The Morgan fingerprint density at radius 3 is 2.65 bits per heavy atom. The first-order chi connectivity index (χ1) is 8.20. The zero-order valence-corrected chi connectivity index (χ0v) is 11.6. The molecule has 0 atom stereocenters. The molecule has 0 unspecified atom stereocenters. The zero-order valence-electron chi connectivity index (χ0n) is 10.7. The van der Waals surface area contributed by atoms with E-state index in [0.29, 0.717) is 5.92 Å². The number of carbonyl (C=O) groups is 1. The summed E-state index contributed by atoms with van der Waals surface area (Å²) in [4.78, 5) is 16.5. The lowest BCUT2D eigenvalue weighted by Gasteiger charge is -2.26. The Kier molecular flexibility index (Phi) is 4.32. The Bertz CT molecular complexity index is 377. The second kappa shape index (κ2) is 5.76. The van der Waals surface area contributed by atoms with E-state index in [4.69, 9.17) is 0 Å². The van der Waals surface area contributed by atoms with Gasteiger partial charge in [0.1, 0.15) is 0 Å². The van der Waals surface area contributed by atoms with Gasteiger partial charge in [0.25, 0.3) is 0 Å². The van der Waals surface area contributed by atoms with Crippen LogP contribution < -0.4 is 0 Å². The summed E-state index contributed by atoms with van der Waals surface area (Å²) in [6, 6.07) is 0. The molecule has 0 amide bonds. The fraction of sp³-hybridized carbons (Fsp3) is 0.714. The molecule has 0 aliphatic heterocycles. The van der Waals surface area contributed by atoms with Gasteiger partial charge in [-0.3, -0.25) is 4.79 Å². The van der Waals surface area contributed by atoms with Crippen LogP contribution in [0.15, 0.2) is 6.20 Å². The van der Waals surface area contributed by atoms with Crippen LogP contribution >= 0.6 is 11.3 Å². The molecule has 0 bridgehead atoms. The molecule has 1 fully saturated rings. The maximum Gasteiger partial charge on any atom is 0.171 e. The predicted octanol–water partition coefficient (Wildman–Crippen LogP) is 4.42. The second-order valence-corrected chi connectivity index (χ2v) is 6.19. The summed E-state index contributed by atoms with van der Waals surface area (Å²) in [5, 5.41) is 1.19. The lowest BCUT2D eigenvalue weighted by molar-refractivity contribution is 0.102. The average Bonchev–Trinajstić information content (AvgIpc) is 2.80. The minimum Gasteiger partial charge on any atom is -0.294 e. The highest BCUT2D eigenvalue weighted by Crippen LogP contribution is 2.38. The van der Waals surface area contributed by atoms with Crippen LogP contribution in [0.4, 0.5) is 0 Å². The molecule has 0 saturated heterocycles. The Balaban J connectivity index is 1.93. The van der Waals surface area contributed by atoms with Gasteiger partial charge in [0, 0.05) is 19.0 Å². The molecule has 1 aliphatic carbocycles. The summed E-state index contributed by atoms with van der Waals surface area (Å²) in [6.45, 7) is 3.89. The van der Waals surface area contributed by atoms with Crippen LogP contribution in [-0.2, 0) is 0 Å². The number of hydrogen-bond donors (Lipinski definition) is 0. The average molecular weight is 251 g/mol. The summed E-state index contributed by atoms with van der Waals surface area (Å²) in [6.07, 6.45) is 9.64. The molecule has 2 nitrogen and oxygen atoms in total. The summed E-state index contributed by atoms with van der Waals surface area (Å²) < 4.78 is 0. The van der Waals surface area contributed by atoms with E-state index in [0.717, 1.165) is 10.8 Å². The quantitative estimate of drug-likeness (QED) is 0.741. The van der Waals surface area contributed by atoms with Gasteiger partial charge in [-0.1, -0.05) is 19.8 Å². The van der Waals surface area contributed by atoms with Crippen molar-refractivity contribution in [2.75, 3.05) is 0 Å². The summed E-state index contributed by atoms with van der Waals surface area (Å²) in [5.41, 5.74) is 0. The second-order valence-electron chi connectivity index (χ2n) is 5.13. The molecule has 17 heavy (non-hydrogen) atoms. The molecular formula is C14H21NOS. The van der Waals surface area contributed by atoms with E-state index >= 15 is 0 Å². The number of hydrogen-bond acceptors (Lipinski definition) is 3. The van der Waals surface area contributed by atoms with Gasteiger partial charge in [-0.2, -0.15) is 0 Å². The molecule has 0 N–H and O–H groups in total. The van der Waals surface area contributed by atoms with Gasteiger partial charge in [0.2, 0.25) is 0 Å². The topological polar surface area (TPSA) is 30.0 Å². The molecule has 0 aromatic carbocycles. The van der Waals surface area contributed by atoms with Crippen molar-refractivity contribution in [1.29, 1.82) is 0 Å². The van der Waals surface area contributed by atoms with Crippen LogP contribution in [0, 0.1) is 5.92 Å². The standard InChI is InChI=1S/C14H21NOS/c1-3-4-11-5-7-12(8-6-11)14-15-9-13(17-14)10(2)16/h9,11-12H,3-8H2,1-2H3. The van der Waals surface area contributed by atoms with Gasteiger partial charge in [0.05, 0.1) is 9.88 Å². The highest BCUT2D eigenvalue weighted by Gasteiger charge is 2.24. The number of carbonyl (C=O) groups excluding carboxylic acids is 1. The van der Waals surface area contributed by atoms with Crippen molar-refractivity contribution < 1.29 is 4.79 Å². The van der Waals surface area contributed by atoms with Crippen LogP contribution in [0.5, 0.6) is 0 Å². The smallest absolute Gasteiger partial charge is 0.171 e. The molecular weight excluding hydrogens is 230 g/mol. The summed E-state index contributed by atoms with van der Waals surface area (Å²) in [5.74, 6) is 1.69. The van der Waals surface area contributed by atoms with Crippen molar-refractivity contribution in [3.63, 3.8) is 0 Å². The molecule has 1 aromatic rings.